The van der Waals surface area contributed by atoms with Crippen LogP contribution in [0, 0.1) is 0 Å². The van der Waals surface area contributed by atoms with Gasteiger partial charge in [0.15, 0.2) is 0 Å². The minimum absolute atomic E-state index is 0.381. The van der Waals surface area contributed by atoms with E-state index in [-0.39, 0.29) is 0 Å². The van der Waals surface area contributed by atoms with Gasteiger partial charge < -0.3 is 19.9 Å². The fourth-order valence-electron chi connectivity index (χ4n) is 1.44. The quantitative estimate of drug-likeness (QED) is 0.768. The Hall–Kier alpha value is -1.56. The molecular weight excluding hydrogens is 234 g/mol. The van der Waals surface area contributed by atoms with E-state index >= 15 is 0 Å². The summed E-state index contributed by atoms with van der Waals surface area (Å²) in [5.74, 6) is 1.22. The van der Waals surface area contributed by atoms with Crippen LogP contribution in [0.3, 0.4) is 0 Å². The zero-order valence-corrected chi connectivity index (χ0v) is 11.4. The Labute approximate surface area is 107 Å². The van der Waals surface area contributed by atoms with Crippen molar-refractivity contribution in [2.45, 2.75) is 32.3 Å². The molecule has 0 aliphatic heterocycles. The van der Waals surface area contributed by atoms with Crippen molar-refractivity contribution in [2.75, 3.05) is 26.1 Å². The summed E-state index contributed by atoms with van der Waals surface area (Å²) in [5, 5.41) is 13.2. The Kier molecular flexibility index (Phi) is 5.15. The van der Waals surface area contributed by atoms with E-state index in [4.69, 9.17) is 9.47 Å². The molecule has 0 bridgehead atoms. The number of ether oxygens (including phenoxy) is 2. The smallest absolute Gasteiger partial charge is 0.229 e. The topological polar surface area (TPSA) is 76.5 Å². The molecule has 1 heterocycles. The number of methoxy groups -OCH3 is 2. The summed E-state index contributed by atoms with van der Waals surface area (Å²) in [5.41, 5.74) is -0.750. The highest BCUT2D eigenvalue weighted by molar-refractivity contribution is 5.33. The number of nitrogens with zero attached hydrogens (tertiary/aromatic N) is 2. The lowest BCUT2D eigenvalue weighted by atomic mass is 9.98. The number of aliphatic hydroxyl groups is 1. The molecule has 0 unspecified atom stereocenters. The van der Waals surface area contributed by atoms with Gasteiger partial charge in [-0.05, 0) is 12.8 Å². The number of rotatable bonds is 7. The molecule has 1 rings (SSSR count). The van der Waals surface area contributed by atoms with Crippen molar-refractivity contribution in [1.29, 1.82) is 0 Å². The second kappa shape index (κ2) is 6.39. The molecule has 0 aliphatic carbocycles. The molecule has 0 atom stereocenters. The summed E-state index contributed by atoms with van der Waals surface area (Å²) >= 11 is 0. The highest BCUT2D eigenvalue weighted by Crippen LogP contribution is 2.19. The second-order valence-corrected chi connectivity index (χ2v) is 4.06. The lowest BCUT2D eigenvalue weighted by Gasteiger charge is -2.25. The van der Waals surface area contributed by atoms with Crippen LogP contribution in [0.1, 0.15) is 26.7 Å². The number of hydrogen-bond acceptors (Lipinski definition) is 6. The molecule has 0 saturated heterocycles. The maximum atomic E-state index is 10.2. The van der Waals surface area contributed by atoms with E-state index in [1.807, 2.05) is 13.8 Å². The fourth-order valence-corrected chi connectivity index (χ4v) is 1.44. The first-order chi connectivity index (χ1) is 8.56. The Morgan fingerprint density at radius 1 is 1.17 bits per heavy atom. The summed E-state index contributed by atoms with van der Waals surface area (Å²) in [6.45, 7) is 4.27. The SMILES string of the molecule is CCC(O)(CC)CNc1nc(OC)cc(OC)n1. The third-order valence-electron chi connectivity index (χ3n) is 2.99. The van der Waals surface area contributed by atoms with E-state index in [0.29, 0.717) is 37.1 Å². The molecule has 6 heteroatoms. The molecule has 0 aliphatic rings. The molecule has 1 aromatic heterocycles. The van der Waals surface area contributed by atoms with Crippen molar-refractivity contribution in [3.05, 3.63) is 6.07 Å². The van der Waals surface area contributed by atoms with Crippen LogP contribution in [0.4, 0.5) is 5.95 Å². The summed E-state index contributed by atoms with van der Waals surface area (Å²) in [4.78, 5) is 8.27. The van der Waals surface area contributed by atoms with Gasteiger partial charge in [-0.25, -0.2) is 0 Å². The molecule has 0 aromatic carbocycles. The van der Waals surface area contributed by atoms with E-state index in [2.05, 4.69) is 15.3 Å². The molecule has 6 nitrogen and oxygen atoms in total. The normalized spacial score (nSPS) is 11.2. The number of anilines is 1. The standard InChI is InChI=1S/C12H21N3O3/c1-5-12(16,6-2)8-13-11-14-9(17-3)7-10(15-11)18-4/h7,16H,5-6,8H2,1-4H3,(H,13,14,15). The third kappa shape index (κ3) is 3.73. The van der Waals surface area contributed by atoms with E-state index < -0.39 is 5.60 Å². The lowest BCUT2D eigenvalue weighted by Crippen LogP contribution is -2.35. The van der Waals surface area contributed by atoms with Gasteiger partial charge in [0, 0.05) is 6.54 Å². The van der Waals surface area contributed by atoms with Crippen LogP contribution in [0.2, 0.25) is 0 Å². The first-order valence-electron chi connectivity index (χ1n) is 6.00. The van der Waals surface area contributed by atoms with Crippen LogP contribution in [-0.2, 0) is 0 Å². The molecule has 0 amide bonds. The minimum Gasteiger partial charge on any atom is -0.481 e. The van der Waals surface area contributed by atoms with Crippen molar-refractivity contribution in [3.63, 3.8) is 0 Å². The molecule has 2 N–H and O–H groups in total. The van der Waals surface area contributed by atoms with E-state index in [9.17, 15) is 5.11 Å². The molecule has 1 aromatic rings. The second-order valence-electron chi connectivity index (χ2n) is 4.06. The average molecular weight is 255 g/mol. The molecule has 0 radical (unpaired) electrons. The maximum absolute atomic E-state index is 10.2. The minimum atomic E-state index is -0.750. The summed E-state index contributed by atoms with van der Waals surface area (Å²) in [6, 6.07) is 1.59. The fraction of sp³-hybridized carbons (Fsp3) is 0.667. The zero-order chi connectivity index (χ0) is 13.6. The molecule has 0 saturated carbocycles. The highest BCUT2D eigenvalue weighted by Gasteiger charge is 2.22. The summed E-state index contributed by atoms with van der Waals surface area (Å²) in [7, 11) is 3.06. The van der Waals surface area contributed by atoms with Crippen LogP contribution >= 0.6 is 0 Å². The molecular formula is C12H21N3O3. The van der Waals surface area contributed by atoms with E-state index in [1.54, 1.807) is 6.07 Å². The van der Waals surface area contributed by atoms with Crippen molar-refractivity contribution >= 4 is 5.95 Å². The van der Waals surface area contributed by atoms with Gasteiger partial charge in [0.05, 0.1) is 25.9 Å². The van der Waals surface area contributed by atoms with Gasteiger partial charge >= 0.3 is 0 Å². The molecule has 0 spiro atoms. The van der Waals surface area contributed by atoms with Crippen LogP contribution < -0.4 is 14.8 Å². The monoisotopic (exact) mass is 255 g/mol. The van der Waals surface area contributed by atoms with Crippen molar-refractivity contribution in [2.24, 2.45) is 0 Å². The Balaban J connectivity index is 2.78. The lowest BCUT2D eigenvalue weighted by molar-refractivity contribution is 0.0455. The third-order valence-corrected chi connectivity index (χ3v) is 2.99. The summed E-state index contributed by atoms with van der Waals surface area (Å²) < 4.78 is 10.1. The van der Waals surface area contributed by atoms with Gasteiger partial charge in [0.25, 0.3) is 0 Å². The highest BCUT2D eigenvalue weighted by atomic mass is 16.5. The average Bonchev–Trinajstić information content (AvgIpc) is 2.44. The summed E-state index contributed by atoms with van der Waals surface area (Å²) in [6.07, 6.45) is 1.33. The number of nitrogens with one attached hydrogen (secondary N) is 1. The van der Waals surface area contributed by atoms with Crippen molar-refractivity contribution in [3.8, 4) is 11.8 Å². The van der Waals surface area contributed by atoms with Gasteiger partial charge in [-0.2, -0.15) is 9.97 Å². The van der Waals surface area contributed by atoms with Crippen LogP contribution in [0.5, 0.6) is 11.8 Å². The first-order valence-corrected chi connectivity index (χ1v) is 6.00. The van der Waals surface area contributed by atoms with Crippen LogP contribution in [0.25, 0.3) is 0 Å². The molecule has 102 valence electrons. The van der Waals surface area contributed by atoms with Gasteiger partial charge in [-0.3, -0.25) is 0 Å². The van der Waals surface area contributed by atoms with Gasteiger partial charge in [-0.1, -0.05) is 13.8 Å². The number of hydrogen-bond donors (Lipinski definition) is 2. The molecule has 18 heavy (non-hydrogen) atoms. The van der Waals surface area contributed by atoms with Crippen LogP contribution in [0.15, 0.2) is 6.07 Å². The van der Waals surface area contributed by atoms with Gasteiger partial charge in [0.1, 0.15) is 0 Å². The van der Waals surface area contributed by atoms with Crippen molar-refractivity contribution < 1.29 is 14.6 Å². The predicted molar refractivity (Wildman–Crippen MR) is 69.2 cm³/mol. The number of aromatic nitrogens is 2. The van der Waals surface area contributed by atoms with Gasteiger partial charge in [-0.15, -0.1) is 0 Å². The maximum Gasteiger partial charge on any atom is 0.229 e. The van der Waals surface area contributed by atoms with E-state index in [0.717, 1.165) is 0 Å². The Morgan fingerprint density at radius 3 is 2.06 bits per heavy atom. The van der Waals surface area contributed by atoms with Crippen LogP contribution in [-0.4, -0.2) is 41.4 Å². The van der Waals surface area contributed by atoms with Gasteiger partial charge in [0.2, 0.25) is 17.7 Å². The zero-order valence-electron chi connectivity index (χ0n) is 11.4. The Bertz CT molecular complexity index is 359. The predicted octanol–water partition coefficient (Wildman–Crippen LogP) is 1.46. The Morgan fingerprint density at radius 2 is 1.67 bits per heavy atom. The molecule has 0 fully saturated rings. The first kappa shape index (κ1) is 14.5. The van der Waals surface area contributed by atoms with Crippen molar-refractivity contribution in [1.82, 2.24) is 9.97 Å². The largest absolute Gasteiger partial charge is 0.481 e. The van der Waals surface area contributed by atoms with E-state index in [1.165, 1.54) is 14.2 Å².